The molecule has 1 atom stereocenters. The molecule has 0 saturated carbocycles. The fraction of sp³-hybridized carbons (Fsp3) is 0.214. The Balaban J connectivity index is 2.22. The molecular formula is C14H12Br2FN. The fourth-order valence-electron chi connectivity index (χ4n) is 1.78. The first-order chi connectivity index (χ1) is 8.56. The Bertz CT molecular complexity index is 537. The summed E-state index contributed by atoms with van der Waals surface area (Å²) in [7, 11) is 0. The van der Waals surface area contributed by atoms with Crippen molar-refractivity contribution in [3.05, 3.63) is 63.6 Å². The van der Waals surface area contributed by atoms with Gasteiger partial charge in [-0.15, -0.1) is 0 Å². The Morgan fingerprint density at radius 2 is 2.11 bits per heavy atom. The first-order valence-electron chi connectivity index (χ1n) is 5.57. The number of rotatable bonds is 3. The summed E-state index contributed by atoms with van der Waals surface area (Å²) >= 11 is 6.90. The predicted molar refractivity (Wildman–Crippen MR) is 78.4 cm³/mol. The number of halogens is 3. The number of hydrogen-bond donors (Lipinski definition) is 0. The molecule has 94 valence electrons. The summed E-state index contributed by atoms with van der Waals surface area (Å²) in [4.78, 5) is 4.41. The summed E-state index contributed by atoms with van der Waals surface area (Å²) in [5.74, 6) is -0.235. The Kier molecular flexibility index (Phi) is 4.51. The summed E-state index contributed by atoms with van der Waals surface area (Å²) in [6.07, 6.45) is 2.52. The highest BCUT2D eigenvalue weighted by atomic mass is 79.9. The lowest BCUT2D eigenvalue weighted by atomic mass is 10.1. The number of alkyl halides is 1. The minimum Gasteiger partial charge on any atom is -0.261 e. The second kappa shape index (κ2) is 5.93. The van der Waals surface area contributed by atoms with Crippen LogP contribution in [0.2, 0.25) is 0 Å². The van der Waals surface area contributed by atoms with Crippen molar-refractivity contribution in [3.8, 4) is 0 Å². The van der Waals surface area contributed by atoms with Crippen LogP contribution in [0.25, 0.3) is 0 Å². The lowest BCUT2D eigenvalue weighted by molar-refractivity contribution is 0.624. The van der Waals surface area contributed by atoms with Crippen LogP contribution in [0.3, 0.4) is 0 Å². The van der Waals surface area contributed by atoms with Crippen molar-refractivity contribution >= 4 is 31.9 Å². The van der Waals surface area contributed by atoms with Crippen LogP contribution in [0.15, 0.2) is 41.0 Å². The van der Waals surface area contributed by atoms with E-state index in [1.165, 1.54) is 6.07 Å². The average Bonchev–Trinajstić information content (AvgIpc) is 2.31. The van der Waals surface area contributed by atoms with E-state index in [0.29, 0.717) is 0 Å². The van der Waals surface area contributed by atoms with E-state index in [-0.39, 0.29) is 10.6 Å². The zero-order valence-electron chi connectivity index (χ0n) is 9.83. The van der Waals surface area contributed by atoms with Gasteiger partial charge in [0.25, 0.3) is 0 Å². The van der Waals surface area contributed by atoms with E-state index >= 15 is 0 Å². The standard InChI is InChI=1S/C14H12Br2FN/c1-9-3-2-4-18-14(9)8-13(16)10-5-11(15)7-12(17)6-10/h2-7,13H,8H2,1H3. The van der Waals surface area contributed by atoms with Crippen molar-refractivity contribution in [1.29, 1.82) is 0 Å². The smallest absolute Gasteiger partial charge is 0.124 e. The van der Waals surface area contributed by atoms with Gasteiger partial charge in [-0.1, -0.05) is 37.9 Å². The molecule has 18 heavy (non-hydrogen) atoms. The van der Waals surface area contributed by atoms with E-state index < -0.39 is 0 Å². The maximum atomic E-state index is 13.3. The summed E-state index contributed by atoms with van der Waals surface area (Å²) in [6, 6.07) is 8.86. The van der Waals surface area contributed by atoms with E-state index in [1.807, 2.05) is 25.1 Å². The van der Waals surface area contributed by atoms with Gasteiger partial charge in [-0.2, -0.15) is 0 Å². The Morgan fingerprint density at radius 3 is 2.78 bits per heavy atom. The molecule has 0 fully saturated rings. The third kappa shape index (κ3) is 3.39. The second-order valence-corrected chi connectivity index (χ2v) is 6.16. The van der Waals surface area contributed by atoms with Gasteiger partial charge in [-0.25, -0.2) is 4.39 Å². The molecule has 1 nitrogen and oxygen atoms in total. The predicted octanol–water partition coefficient (Wildman–Crippen LogP) is 4.97. The minimum absolute atomic E-state index is 0.0538. The molecule has 0 amide bonds. The van der Waals surface area contributed by atoms with Gasteiger partial charge in [0.15, 0.2) is 0 Å². The first-order valence-corrected chi connectivity index (χ1v) is 7.27. The molecular weight excluding hydrogens is 361 g/mol. The molecule has 0 spiro atoms. The Morgan fingerprint density at radius 1 is 1.33 bits per heavy atom. The molecule has 0 bridgehead atoms. The Labute approximate surface area is 123 Å². The number of hydrogen-bond acceptors (Lipinski definition) is 1. The monoisotopic (exact) mass is 371 g/mol. The van der Waals surface area contributed by atoms with Crippen molar-refractivity contribution in [2.45, 2.75) is 18.2 Å². The van der Waals surface area contributed by atoms with Crippen LogP contribution in [0, 0.1) is 12.7 Å². The molecule has 1 heterocycles. The van der Waals surface area contributed by atoms with Gasteiger partial charge in [0.05, 0.1) is 0 Å². The quantitative estimate of drug-likeness (QED) is 0.693. The zero-order valence-corrected chi connectivity index (χ0v) is 13.0. The van der Waals surface area contributed by atoms with Gasteiger partial charge in [0.2, 0.25) is 0 Å². The summed E-state index contributed by atoms with van der Waals surface area (Å²) < 4.78 is 14.1. The summed E-state index contributed by atoms with van der Waals surface area (Å²) in [5.41, 5.74) is 3.09. The molecule has 2 rings (SSSR count). The molecule has 0 aliphatic carbocycles. The van der Waals surface area contributed by atoms with Gasteiger partial charge in [0.1, 0.15) is 5.82 Å². The molecule has 0 N–H and O–H groups in total. The molecule has 0 aliphatic heterocycles. The van der Waals surface area contributed by atoms with Gasteiger partial charge >= 0.3 is 0 Å². The number of aromatic nitrogens is 1. The van der Waals surface area contributed by atoms with Crippen LogP contribution in [0.1, 0.15) is 21.6 Å². The van der Waals surface area contributed by atoms with Crippen molar-refractivity contribution in [2.75, 3.05) is 0 Å². The third-order valence-electron chi connectivity index (χ3n) is 2.74. The minimum atomic E-state index is -0.235. The van der Waals surface area contributed by atoms with Crippen LogP contribution in [-0.2, 0) is 6.42 Å². The lowest BCUT2D eigenvalue weighted by Crippen LogP contribution is -2.00. The zero-order chi connectivity index (χ0) is 13.1. The average molecular weight is 373 g/mol. The SMILES string of the molecule is Cc1cccnc1CC(Br)c1cc(F)cc(Br)c1. The summed E-state index contributed by atoms with van der Waals surface area (Å²) in [5, 5.41) is 0. The molecule has 2 aromatic rings. The van der Waals surface area contributed by atoms with Gasteiger partial charge < -0.3 is 0 Å². The molecule has 0 saturated heterocycles. The van der Waals surface area contributed by atoms with E-state index in [4.69, 9.17) is 0 Å². The van der Waals surface area contributed by atoms with E-state index in [9.17, 15) is 4.39 Å². The molecule has 4 heteroatoms. The van der Waals surface area contributed by atoms with Crippen LogP contribution in [0.5, 0.6) is 0 Å². The van der Waals surface area contributed by atoms with Crippen molar-refractivity contribution < 1.29 is 4.39 Å². The highest BCUT2D eigenvalue weighted by Gasteiger charge is 2.12. The molecule has 0 radical (unpaired) electrons. The Hall–Kier alpha value is -0.740. The van der Waals surface area contributed by atoms with Crippen molar-refractivity contribution in [3.63, 3.8) is 0 Å². The van der Waals surface area contributed by atoms with Crippen molar-refractivity contribution in [1.82, 2.24) is 4.98 Å². The third-order valence-corrected chi connectivity index (χ3v) is 4.05. The van der Waals surface area contributed by atoms with E-state index in [1.54, 1.807) is 12.3 Å². The van der Waals surface area contributed by atoms with Crippen LogP contribution in [-0.4, -0.2) is 4.98 Å². The summed E-state index contributed by atoms with van der Waals surface area (Å²) in [6.45, 7) is 2.03. The van der Waals surface area contributed by atoms with E-state index in [0.717, 1.165) is 27.7 Å². The molecule has 1 aromatic heterocycles. The van der Waals surface area contributed by atoms with Crippen LogP contribution in [0.4, 0.5) is 4.39 Å². The largest absolute Gasteiger partial charge is 0.261 e. The maximum absolute atomic E-state index is 13.3. The molecule has 0 aliphatic rings. The normalized spacial score (nSPS) is 12.4. The number of pyridine rings is 1. The van der Waals surface area contributed by atoms with Crippen molar-refractivity contribution in [2.24, 2.45) is 0 Å². The van der Waals surface area contributed by atoms with E-state index in [2.05, 4.69) is 36.8 Å². The van der Waals surface area contributed by atoms with Crippen LogP contribution < -0.4 is 0 Å². The highest BCUT2D eigenvalue weighted by molar-refractivity contribution is 9.10. The van der Waals surface area contributed by atoms with Gasteiger partial charge in [-0.3, -0.25) is 4.98 Å². The topological polar surface area (TPSA) is 12.9 Å². The molecule has 1 aromatic carbocycles. The fourth-order valence-corrected chi connectivity index (χ4v) is 2.83. The van der Waals surface area contributed by atoms with Crippen LogP contribution >= 0.6 is 31.9 Å². The number of nitrogens with zero attached hydrogens (tertiary/aromatic N) is 1. The number of aryl methyl sites for hydroxylation is 1. The second-order valence-electron chi connectivity index (χ2n) is 4.14. The van der Waals surface area contributed by atoms with Gasteiger partial charge in [-0.05, 0) is 42.3 Å². The van der Waals surface area contributed by atoms with Gasteiger partial charge in [0, 0.05) is 27.6 Å². The first kappa shape index (κ1) is 13.7. The lowest BCUT2D eigenvalue weighted by Gasteiger charge is -2.12. The number of benzene rings is 1. The highest BCUT2D eigenvalue weighted by Crippen LogP contribution is 2.29. The maximum Gasteiger partial charge on any atom is 0.124 e. The molecule has 1 unspecified atom stereocenters.